The summed E-state index contributed by atoms with van der Waals surface area (Å²) in [7, 11) is 1.41. The fourth-order valence-electron chi connectivity index (χ4n) is 3.82. The summed E-state index contributed by atoms with van der Waals surface area (Å²) >= 11 is 1.51. The standard InChI is InChI=1S/C23H30N2O3S/c1-14(2)18-9-6-8-15(3)21(18)24-22(26)16(4)25-11-7-10-19-17(13-25)12-20(29-19)23(27)28-5/h6,8-9,12,14,16H,7,10-11,13H2,1-5H3,(H,24,26). The lowest BCUT2D eigenvalue weighted by Gasteiger charge is -2.27. The Morgan fingerprint density at radius 3 is 2.69 bits per heavy atom. The van der Waals surface area contributed by atoms with Gasteiger partial charge in [-0.05, 0) is 61.9 Å². The van der Waals surface area contributed by atoms with E-state index < -0.39 is 0 Å². The Kier molecular flexibility index (Phi) is 6.75. The van der Waals surface area contributed by atoms with Crippen molar-refractivity contribution in [2.24, 2.45) is 0 Å². The molecule has 1 atom stereocenters. The lowest BCUT2D eigenvalue weighted by Crippen LogP contribution is -2.42. The van der Waals surface area contributed by atoms with Crippen LogP contribution in [0.25, 0.3) is 0 Å². The maximum atomic E-state index is 13.1. The minimum absolute atomic E-state index is 0.00747. The highest BCUT2D eigenvalue weighted by Gasteiger charge is 2.27. The third-order valence-corrected chi connectivity index (χ3v) is 6.83. The van der Waals surface area contributed by atoms with Gasteiger partial charge in [-0.2, -0.15) is 0 Å². The van der Waals surface area contributed by atoms with Crippen LogP contribution in [0.5, 0.6) is 0 Å². The first-order chi connectivity index (χ1) is 13.8. The van der Waals surface area contributed by atoms with Crippen LogP contribution in [-0.4, -0.2) is 36.5 Å². The summed E-state index contributed by atoms with van der Waals surface area (Å²) in [5.41, 5.74) is 4.30. The second kappa shape index (κ2) is 9.09. The quantitative estimate of drug-likeness (QED) is 0.718. The normalized spacial score (nSPS) is 15.5. The van der Waals surface area contributed by atoms with Gasteiger partial charge >= 0.3 is 5.97 Å². The van der Waals surface area contributed by atoms with E-state index in [1.165, 1.54) is 23.3 Å². The molecule has 5 nitrogen and oxygen atoms in total. The molecule has 2 aromatic rings. The number of anilines is 1. The lowest BCUT2D eigenvalue weighted by molar-refractivity contribution is -0.121. The Morgan fingerprint density at radius 1 is 1.24 bits per heavy atom. The number of nitrogens with zero attached hydrogens (tertiary/aromatic N) is 1. The SMILES string of the molecule is COC(=O)c1cc2c(s1)CCCN(C(C)C(=O)Nc1c(C)cccc1C(C)C)C2. The van der Waals surface area contributed by atoms with Crippen LogP contribution in [0.3, 0.4) is 0 Å². The molecule has 1 aliphatic heterocycles. The molecule has 0 aliphatic carbocycles. The number of esters is 1. The fraction of sp³-hybridized carbons (Fsp3) is 0.478. The summed E-state index contributed by atoms with van der Waals surface area (Å²) in [4.78, 5) is 29.0. The van der Waals surface area contributed by atoms with Crippen LogP contribution in [0.4, 0.5) is 5.69 Å². The molecule has 1 aromatic heterocycles. The highest BCUT2D eigenvalue weighted by atomic mass is 32.1. The van der Waals surface area contributed by atoms with E-state index in [0.29, 0.717) is 17.3 Å². The highest BCUT2D eigenvalue weighted by Crippen LogP contribution is 2.30. The zero-order valence-electron chi connectivity index (χ0n) is 17.9. The Bertz CT molecular complexity index is 904. The first-order valence-electron chi connectivity index (χ1n) is 10.2. The summed E-state index contributed by atoms with van der Waals surface area (Å²) in [5.74, 6) is 0.0538. The van der Waals surface area contributed by atoms with Crippen molar-refractivity contribution >= 4 is 28.9 Å². The molecule has 0 bridgehead atoms. The van der Waals surface area contributed by atoms with E-state index in [2.05, 4.69) is 30.1 Å². The highest BCUT2D eigenvalue weighted by molar-refractivity contribution is 7.14. The van der Waals surface area contributed by atoms with Crippen molar-refractivity contribution in [3.8, 4) is 0 Å². The van der Waals surface area contributed by atoms with Crippen LogP contribution in [0, 0.1) is 6.92 Å². The number of fused-ring (bicyclic) bond motifs is 1. The Balaban J connectivity index is 1.77. The Hall–Kier alpha value is -2.18. The van der Waals surface area contributed by atoms with Crippen molar-refractivity contribution in [2.45, 2.75) is 59.0 Å². The molecular weight excluding hydrogens is 384 g/mol. The zero-order valence-corrected chi connectivity index (χ0v) is 18.7. The van der Waals surface area contributed by atoms with Crippen molar-refractivity contribution in [2.75, 3.05) is 19.0 Å². The average molecular weight is 415 g/mol. The van der Waals surface area contributed by atoms with Crippen LogP contribution < -0.4 is 5.32 Å². The minimum Gasteiger partial charge on any atom is -0.465 e. The molecule has 1 aromatic carbocycles. The molecule has 0 radical (unpaired) electrons. The number of benzene rings is 1. The first-order valence-corrected chi connectivity index (χ1v) is 11.0. The van der Waals surface area contributed by atoms with Crippen LogP contribution in [-0.2, 0) is 22.5 Å². The van der Waals surface area contributed by atoms with E-state index in [1.807, 2.05) is 32.0 Å². The van der Waals surface area contributed by atoms with Gasteiger partial charge in [0.1, 0.15) is 4.88 Å². The number of thiophene rings is 1. The van der Waals surface area contributed by atoms with Crippen LogP contribution in [0.15, 0.2) is 24.3 Å². The van der Waals surface area contributed by atoms with E-state index in [1.54, 1.807) is 0 Å². The van der Waals surface area contributed by atoms with Crippen molar-refractivity contribution in [3.63, 3.8) is 0 Å². The number of nitrogens with one attached hydrogen (secondary N) is 1. The average Bonchev–Trinajstić information content (AvgIpc) is 2.99. The number of aryl methyl sites for hydroxylation is 2. The molecule has 1 aliphatic rings. The van der Waals surface area contributed by atoms with E-state index in [-0.39, 0.29) is 17.9 Å². The second-order valence-electron chi connectivity index (χ2n) is 7.98. The van der Waals surface area contributed by atoms with Gasteiger partial charge in [0.05, 0.1) is 13.2 Å². The molecule has 156 valence electrons. The van der Waals surface area contributed by atoms with E-state index in [4.69, 9.17) is 4.74 Å². The Labute approximate surface area is 177 Å². The summed E-state index contributed by atoms with van der Waals surface area (Å²) < 4.78 is 4.86. The van der Waals surface area contributed by atoms with Gasteiger partial charge in [0.15, 0.2) is 0 Å². The molecule has 1 unspecified atom stereocenters. The van der Waals surface area contributed by atoms with Gasteiger partial charge in [-0.25, -0.2) is 4.79 Å². The first kappa shape index (κ1) is 21.5. The van der Waals surface area contributed by atoms with Crippen molar-refractivity contribution in [3.05, 3.63) is 50.7 Å². The number of methoxy groups -OCH3 is 1. The summed E-state index contributed by atoms with van der Waals surface area (Å²) in [6.07, 6.45) is 1.89. The van der Waals surface area contributed by atoms with E-state index >= 15 is 0 Å². The van der Waals surface area contributed by atoms with Crippen LogP contribution in [0.2, 0.25) is 0 Å². The van der Waals surface area contributed by atoms with E-state index in [9.17, 15) is 9.59 Å². The number of hydrogen-bond acceptors (Lipinski definition) is 5. The predicted molar refractivity (Wildman–Crippen MR) is 118 cm³/mol. The monoisotopic (exact) mass is 414 g/mol. The molecule has 0 spiro atoms. The third-order valence-electron chi connectivity index (χ3n) is 5.61. The summed E-state index contributed by atoms with van der Waals surface area (Å²) in [6.45, 7) is 9.79. The molecule has 0 fully saturated rings. The topological polar surface area (TPSA) is 58.6 Å². The maximum Gasteiger partial charge on any atom is 0.348 e. The number of para-hydroxylation sites is 1. The van der Waals surface area contributed by atoms with Crippen molar-refractivity contribution in [1.29, 1.82) is 0 Å². The van der Waals surface area contributed by atoms with Gasteiger partial charge < -0.3 is 10.1 Å². The lowest BCUT2D eigenvalue weighted by atomic mass is 9.98. The molecule has 0 saturated heterocycles. The number of amides is 1. The predicted octanol–water partition coefficient (Wildman–Crippen LogP) is 4.74. The molecule has 29 heavy (non-hydrogen) atoms. The second-order valence-corrected chi connectivity index (χ2v) is 9.12. The fourth-order valence-corrected chi connectivity index (χ4v) is 4.95. The number of carbonyl (C=O) groups excluding carboxylic acids is 2. The third kappa shape index (κ3) is 4.70. The molecule has 1 amide bonds. The number of ether oxygens (including phenoxy) is 1. The van der Waals surface area contributed by atoms with Crippen molar-refractivity contribution in [1.82, 2.24) is 4.90 Å². The van der Waals surface area contributed by atoms with Gasteiger partial charge in [0.2, 0.25) is 5.91 Å². The van der Waals surface area contributed by atoms with Gasteiger partial charge in [0.25, 0.3) is 0 Å². The van der Waals surface area contributed by atoms with Gasteiger partial charge in [0, 0.05) is 17.1 Å². The van der Waals surface area contributed by atoms with Crippen molar-refractivity contribution < 1.29 is 14.3 Å². The number of rotatable bonds is 5. The molecule has 0 saturated carbocycles. The number of carbonyl (C=O) groups is 2. The molecule has 3 rings (SSSR count). The summed E-state index contributed by atoms with van der Waals surface area (Å²) in [5, 5.41) is 3.18. The largest absolute Gasteiger partial charge is 0.465 e. The molecular formula is C23H30N2O3S. The zero-order chi connectivity index (χ0) is 21.1. The van der Waals surface area contributed by atoms with Gasteiger partial charge in [-0.3, -0.25) is 9.69 Å². The molecule has 1 N–H and O–H groups in total. The molecule has 2 heterocycles. The van der Waals surface area contributed by atoms with Gasteiger partial charge in [-0.15, -0.1) is 11.3 Å². The summed E-state index contributed by atoms with van der Waals surface area (Å²) in [6, 6.07) is 7.81. The van der Waals surface area contributed by atoms with Gasteiger partial charge in [-0.1, -0.05) is 32.0 Å². The van der Waals surface area contributed by atoms with Crippen LogP contribution in [0.1, 0.15) is 64.3 Å². The number of hydrogen-bond donors (Lipinski definition) is 1. The minimum atomic E-state index is -0.291. The van der Waals surface area contributed by atoms with E-state index in [0.717, 1.165) is 41.8 Å². The molecule has 6 heteroatoms. The smallest absolute Gasteiger partial charge is 0.348 e. The Morgan fingerprint density at radius 2 is 2.00 bits per heavy atom. The maximum absolute atomic E-state index is 13.1. The van der Waals surface area contributed by atoms with Crippen LogP contribution >= 0.6 is 11.3 Å².